The second kappa shape index (κ2) is 8.79. The molecule has 0 aromatic heterocycles. The van der Waals surface area contributed by atoms with Crippen molar-refractivity contribution in [2.24, 2.45) is 0 Å². The Balaban J connectivity index is 2.13. The van der Waals surface area contributed by atoms with Crippen LogP contribution in [0, 0.1) is 5.41 Å². The van der Waals surface area contributed by atoms with E-state index in [0.29, 0.717) is 24.4 Å². The Morgan fingerprint density at radius 1 is 1.35 bits per heavy atom. The van der Waals surface area contributed by atoms with Crippen LogP contribution in [0.3, 0.4) is 0 Å². The summed E-state index contributed by atoms with van der Waals surface area (Å²) < 4.78 is 0. The summed E-state index contributed by atoms with van der Waals surface area (Å²) in [7, 11) is 0. The number of allylic oxidation sites excluding steroid dienone is 3. The molecule has 5 heteroatoms. The second-order valence-corrected chi connectivity index (χ2v) is 8.14. The maximum atomic E-state index is 8.55. The summed E-state index contributed by atoms with van der Waals surface area (Å²) in [4.78, 5) is 0. The average molecular weight is 392 g/mol. The number of benzene rings is 1. The Labute approximate surface area is 166 Å². The molecule has 0 saturated carbocycles. The number of hydrogen-bond acceptors (Lipinski definition) is 3. The average Bonchev–Trinajstić information content (AvgIpc) is 2.60. The first-order chi connectivity index (χ1) is 12.2. The lowest BCUT2D eigenvalue weighted by Gasteiger charge is -2.28. The summed E-state index contributed by atoms with van der Waals surface area (Å²) in [5.74, 6) is 0. The third kappa shape index (κ3) is 5.39. The maximum absolute atomic E-state index is 8.55. The fourth-order valence-corrected chi connectivity index (χ4v) is 3.21. The monoisotopic (exact) mass is 391 g/mol. The van der Waals surface area contributed by atoms with Crippen molar-refractivity contribution in [2.45, 2.75) is 44.5 Å². The van der Waals surface area contributed by atoms with E-state index in [-0.39, 0.29) is 10.9 Å². The van der Waals surface area contributed by atoms with Crippen molar-refractivity contribution in [3.05, 3.63) is 64.9 Å². The Morgan fingerprint density at radius 3 is 2.69 bits per heavy atom. The largest absolute Gasteiger partial charge is 0.380 e. The zero-order valence-corrected chi connectivity index (χ0v) is 17.1. The first-order valence-electron chi connectivity index (χ1n) is 8.82. The molecule has 2 rings (SSSR count). The normalized spacial score (nSPS) is 17.2. The van der Waals surface area contributed by atoms with E-state index in [9.17, 15) is 0 Å². The van der Waals surface area contributed by atoms with Gasteiger partial charge in [0.1, 0.15) is 0 Å². The molecule has 3 nitrogen and oxygen atoms in total. The molecular weight excluding hydrogens is 365 g/mol. The van der Waals surface area contributed by atoms with Crippen molar-refractivity contribution in [1.29, 1.82) is 5.41 Å². The molecule has 0 fully saturated rings. The van der Waals surface area contributed by atoms with Gasteiger partial charge in [-0.25, -0.2) is 0 Å². The number of halogens is 2. The summed E-state index contributed by atoms with van der Waals surface area (Å²) in [6.07, 6.45) is 5.52. The number of nitrogens with one attached hydrogen (secondary N) is 3. The number of para-hydroxylation sites is 1. The van der Waals surface area contributed by atoms with Crippen LogP contribution in [0.1, 0.15) is 39.2 Å². The number of rotatable bonds is 8. The Kier molecular flexibility index (Phi) is 6.96. The van der Waals surface area contributed by atoms with Gasteiger partial charge in [-0.3, -0.25) is 5.41 Å². The molecule has 140 valence electrons. The molecule has 0 aliphatic heterocycles. The van der Waals surface area contributed by atoms with Crippen molar-refractivity contribution >= 4 is 34.6 Å². The predicted octanol–water partition coefficient (Wildman–Crippen LogP) is 5.82. The van der Waals surface area contributed by atoms with E-state index in [0.717, 1.165) is 28.3 Å². The van der Waals surface area contributed by atoms with Crippen LogP contribution in [-0.4, -0.2) is 23.2 Å². The van der Waals surface area contributed by atoms with Gasteiger partial charge in [0.05, 0.1) is 16.8 Å². The predicted molar refractivity (Wildman–Crippen MR) is 115 cm³/mol. The Morgan fingerprint density at radius 2 is 2.04 bits per heavy atom. The standard InChI is InChI=1S/C21H27Cl2N3/c1-5-21(3,4)26-14(2)20(24)17-8-6-7-9-19(17)25-13-15-10-11-16(22)12-18(15)23/h6-11,16,24-26H,2,5,12-13H2,1,3-4H3. The van der Waals surface area contributed by atoms with Crippen molar-refractivity contribution in [1.82, 2.24) is 5.32 Å². The van der Waals surface area contributed by atoms with Crippen LogP contribution in [0.5, 0.6) is 0 Å². The summed E-state index contributed by atoms with van der Waals surface area (Å²) in [6, 6.07) is 7.77. The van der Waals surface area contributed by atoms with Crippen LogP contribution < -0.4 is 10.6 Å². The van der Waals surface area contributed by atoms with Crippen molar-refractivity contribution < 1.29 is 0 Å². The van der Waals surface area contributed by atoms with Crippen LogP contribution >= 0.6 is 23.2 Å². The maximum Gasteiger partial charge on any atom is 0.0858 e. The molecule has 1 aromatic carbocycles. The topological polar surface area (TPSA) is 47.9 Å². The van der Waals surface area contributed by atoms with Gasteiger partial charge in [-0.1, -0.05) is 55.5 Å². The van der Waals surface area contributed by atoms with E-state index in [1.54, 1.807) is 0 Å². The summed E-state index contributed by atoms with van der Waals surface area (Å²) >= 11 is 12.4. The highest BCUT2D eigenvalue weighted by atomic mass is 35.5. The van der Waals surface area contributed by atoms with Gasteiger partial charge in [0.25, 0.3) is 0 Å². The summed E-state index contributed by atoms with van der Waals surface area (Å²) in [6.45, 7) is 11.0. The lowest BCUT2D eigenvalue weighted by molar-refractivity contribution is 0.422. The molecule has 1 aliphatic rings. The molecule has 3 N–H and O–H groups in total. The zero-order chi connectivity index (χ0) is 19.3. The van der Waals surface area contributed by atoms with Gasteiger partial charge in [-0.2, -0.15) is 0 Å². The molecule has 0 saturated heterocycles. The van der Waals surface area contributed by atoms with Crippen LogP contribution in [0.25, 0.3) is 0 Å². The molecular formula is C21H27Cl2N3. The highest BCUT2D eigenvalue weighted by Gasteiger charge is 2.19. The second-order valence-electron chi connectivity index (χ2n) is 7.12. The molecule has 0 radical (unpaired) electrons. The van der Waals surface area contributed by atoms with E-state index in [1.165, 1.54) is 0 Å². The molecule has 0 heterocycles. The minimum Gasteiger partial charge on any atom is -0.380 e. The summed E-state index contributed by atoms with van der Waals surface area (Å²) in [5.41, 5.74) is 3.61. The van der Waals surface area contributed by atoms with Crippen molar-refractivity contribution in [3.8, 4) is 0 Å². The zero-order valence-electron chi connectivity index (χ0n) is 15.6. The third-order valence-corrected chi connectivity index (χ3v) is 5.27. The minimum absolute atomic E-state index is 0.0389. The first kappa shape index (κ1) is 20.6. The lowest BCUT2D eigenvalue weighted by atomic mass is 9.99. The van der Waals surface area contributed by atoms with Gasteiger partial charge in [0.15, 0.2) is 0 Å². The van der Waals surface area contributed by atoms with E-state index in [1.807, 2.05) is 36.4 Å². The molecule has 26 heavy (non-hydrogen) atoms. The lowest BCUT2D eigenvalue weighted by Crippen LogP contribution is -2.39. The van der Waals surface area contributed by atoms with Crippen LogP contribution in [0.4, 0.5) is 5.69 Å². The van der Waals surface area contributed by atoms with Crippen molar-refractivity contribution in [2.75, 3.05) is 11.9 Å². The summed E-state index contributed by atoms with van der Waals surface area (Å²) in [5, 5.41) is 16.0. The molecule has 1 aromatic rings. The van der Waals surface area contributed by atoms with Crippen LogP contribution in [0.15, 0.2) is 59.3 Å². The molecule has 0 bridgehead atoms. The molecule has 0 amide bonds. The molecule has 1 unspecified atom stereocenters. The van der Waals surface area contributed by atoms with Gasteiger partial charge in [-0.05, 0) is 31.9 Å². The number of hydrogen-bond donors (Lipinski definition) is 3. The van der Waals surface area contributed by atoms with E-state index < -0.39 is 0 Å². The van der Waals surface area contributed by atoms with Crippen LogP contribution in [-0.2, 0) is 0 Å². The Hall–Kier alpha value is -1.71. The SMILES string of the molecule is C=C(NC(C)(C)CC)C(=N)c1ccccc1NCC1=C(Cl)CC(Cl)C=C1. The highest BCUT2D eigenvalue weighted by Crippen LogP contribution is 2.27. The van der Waals surface area contributed by atoms with Gasteiger partial charge in [0, 0.05) is 34.8 Å². The fraction of sp³-hybridized carbons (Fsp3) is 0.381. The van der Waals surface area contributed by atoms with Gasteiger partial charge in [-0.15, -0.1) is 11.6 Å². The quantitative estimate of drug-likeness (QED) is 0.386. The molecule has 0 spiro atoms. The van der Waals surface area contributed by atoms with E-state index in [4.69, 9.17) is 28.6 Å². The van der Waals surface area contributed by atoms with Gasteiger partial charge in [0.2, 0.25) is 0 Å². The Bertz CT molecular complexity index is 747. The highest BCUT2D eigenvalue weighted by molar-refractivity contribution is 6.31. The molecule has 1 aliphatic carbocycles. The van der Waals surface area contributed by atoms with Crippen LogP contribution in [0.2, 0.25) is 0 Å². The van der Waals surface area contributed by atoms with Gasteiger partial charge >= 0.3 is 0 Å². The van der Waals surface area contributed by atoms with Gasteiger partial charge < -0.3 is 10.6 Å². The number of alkyl halides is 1. The number of anilines is 1. The van der Waals surface area contributed by atoms with Crippen molar-refractivity contribution in [3.63, 3.8) is 0 Å². The fourth-order valence-electron chi connectivity index (χ4n) is 2.60. The van der Waals surface area contributed by atoms with E-state index >= 15 is 0 Å². The van der Waals surface area contributed by atoms with E-state index in [2.05, 4.69) is 38.0 Å². The molecule has 1 atom stereocenters. The minimum atomic E-state index is -0.102. The smallest absolute Gasteiger partial charge is 0.0858 e. The third-order valence-electron chi connectivity index (χ3n) is 4.57. The first-order valence-corrected chi connectivity index (χ1v) is 9.64.